The summed E-state index contributed by atoms with van der Waals surface area (Å²) in [6.07, 6.45) is 21.5. The second-order valence-corrected chi connectivity index (χ2v) is 16.2. The van der Waals surface area contributed by atoms with Gasteiger partial charge in [-0.3, -0.25) is 9.59 Å². The van der Waals surface area contributed by atoms with Crippen molar-refractivity contribution in [3.8, 4) is 0 Å². The van der Waals surface area contributed by atoms with E-state index in [4.69, 9.17) is 0 Å². The quantitative estimate of drug-likeness (QED) is 0.0681. The topological polar surface area (TPSA) is 58.2 Å². The molecule has 0 atom stereocenters. The summed E-state index contributed by atoms with van der Waals surface area (Å²) in [7, 11) is 17.1. The monoisotopic (exact) mass is 762 g/mol. The van der Waals surface area contributed by atoms with E-state index in [0.29, 0.717) is 12.8 Å². The summed E-state index contributed by atoms with van der Waals surface area (Å²) in [6.45, 7) is 3.99. The van der Waals surface area contributed by atoms with Crippen molar-refractivity contribution in [2.75, 3.05) is 80.0 Å². The summed E-state index contributed by atoms with van der Waals surface area (Å²) >= 11 is 0. The van der Waals surface area contributed by atoms with Crippen molar-refractivity contribution in [1.82, 2.24) is 10.6 Å². The Bertz CT molecular complexity index is 566. The molecule has 0 aliphatic carbocycles. The standard InChI is InChI=1S/C32H66N4O2S2.2BrH/c1-35(2,3)27-21-17-13-9-7-11-15-19-23-31(37)33-25-29-39-40-30-26-34-32(38)24-20-16-12-8-10-14-18-22-28-36(4,5)6;;/h7-30H2,1-6H3;2*1H. The lowest BCUT2D eigenvalue weighted by Gasteiger charge is -2.23. The lowest BCUT2D eigenvalue weighted by Crippen LogP contribution is -3.00. The maximum absolute atomic E-state index is 12.0. The zero-order valence-corrected chi connectivity index (χ0v) is 33.1. The Kier molecular flexibility index (Phi) is 35.2. The fourth-order valence-corrected chi connectivity index (χ4v) is 6.44. The third-order valence-electron chi connectivity index (χ3n) is 7.06. The van der Waals surface area contributed by atoms with E-state index >= 15 is 0 Å². The summed E-state index contributed by atoms with van der Waals surface area (Å²) in [6, 6.07) is 0. The van der Waals surface area contributed by atoms with Gasteiger partial charge in [0, 0.05) is 37.4 Å². The van der Waals surface area contributed by atoms with E-state index in [9.17, 15) is 9.59 Å². The zero-order chi connectivity index (χ0) is 30.0. The van der Waals surface area contributed by atoms with E-state index in [2.05, 4.69) is 52.9 Å². The van der Waals surface area contributed by atoms with E-state index in [-0.39, 0.29) is 45.8 Å². The Balaban J connectivity index is -0.00000760. The van der Waals surface area contributed by atoms with Crippen molar-refractivity contribution in [3.63, 3.8) is 0 Å². The van der Waals surface area contributed by atoms with Gasteiger partial charge in [0.1, 0.15) is 0 Å². The van der Waals surface area contributed by atoms with Crippen molar-refractivity contribution in [2.24, 2.45) is 0 Å². The minimum absolute atomic E-state index is 0. The molecule has 42 heavy (non-hydrogen) atoms. The predicted octanol–water partition coefficient (Wildman–Crippen LogP) is 1.04. The van der Waals surface area contributed by atoms with Crippen LogP contribution in [0.1, 0.15) is 116 Å². The van der Waals surface area contributed by atoms with Crippen LogP contribution in [0.25, 0.3) is 0 Å². The van der Waals surface area contributed by atoms with Gasteiger partial charge in [-0.25, -0.2) is 0 Å². The number of rotatable bonds is 29. The van der Waals surface area contributed by atoms with Gasteiger partial charge in [0.15, 0.2) is 0 Å². The molecule has 0 saturated heterocycles. The molecule has 0 saturated carbocycles. The molecule has 0 heterocycles. The zero-order valence-electron chi connectivity index (χ0n) is 28.3. The van der Waals surface area contributed by atoms with E-state index < -0.39 is 0 Å². The first-order valence-electron chi connectivity index (χ1n) is 16.4. The lowest BCUT2D eigenvalue weighted by atomic mass is 10.1. The normalized spacial score (nSPS) is 11.5. The largest absolute Gasteiger partial charge is 1.00 e. The summed E-state index contributed by atoms with van der Waals surface area (Å²) in [5.74, 6) is 2.20. The first-order valence-corrected chi connectivity index (χ1v) is 18.9. The van der Waals surface area contributed by atoms with Crippen LogP contribution in [0.4, 0.5) is 0 Å². The number of hydrogen-bond acceptors (Lipinski definition) is 4. The molecule has 0 aromatic rings. The van der Waals surface area contributed by atoms with Gasteiger partial charge in [-0.15, -0.1) is 0 Å². The molecule has 10 heteroatoms. The average molecular weight is 765 g/mol. The number of nitrogens with one attached hydrogen (secondary N) is 2. The fourth-order valence-electron chi connectivity index (χ4n) is 4.62. The van der Waals surface area contributed by atoms with Gasteiger partial charge in [-0.05, 0) is 38.5 Å². The highest BCUT2D eigenvalue weighted by atomic mass is 79.9. The molecule has 0 fully saturated rings. The Morgan fingerprint density at radius 3 is 1.00 bits per heavy atom. The van der Waals surface area contributed by atoms with E-state index in [0.717, 1.165) is 46.4 Å². The van der Waals surface area contributed by atoms with Gasteiger partial charge in [0.05, 0.1) is 55.4 Å². The number of carbonyl (C=O) groups is 2. The van der Waals surface area contributed by atoms with Gasteiger partial charge in [-0.1, -0.05) is 85.8 Å². The average Bonchev–Trinajstić information content (AvgIpc) is 2.86. The van der Waals surface area contributed by atoms with Crippen molar-refractivity contribution in [3.05, 3.63) is 0 Å². The molecule has 254 valence electrons. The molecule has 6 nitrogen and oxygen atoms in total. The van der Waals surface area contributed by atoms with Crippen LogP contribution < -0.4 is 44.6 Å². The number of carbonyl (C=O) groups excluding carboxylic acids is 2. The molecule has 0 aliphatic rings. The van der Waals surface area contributed by atoms with E-state index in [1.54, 1.807) is 21.6 Å². The summed E-state index contributed by atoms with van der Waals surface area (Å²) < 4.78 is 2.13. The van der Waals surface area contributed by atoms with Crippen LogP contribution in [0.5, 0.6) is 0 Å². The van der Waals surface area contributed by atoms with Gasteiger partial charge >= 0.3 is 0 Å². The van der Waals surface area contributed by atoms with Crippen LogP contribution in [0.3, 0.4) is 0 Å². The van der Waals surface area contributed by atoms with Crippen LogP contribution in [0, 0.1) is 0 Å². The number of halogens is 2. The second kappa shape index (κ2) is 31.5. The first-order chi connectivity index (χ1) is 19.0. The van der Waals surface area contributed by atoms with Crippen LogP contribution in [0.15, 0.2) is 0 Å². The highest BCUT2D eigenvalue weighted by molar-refractivity contribution is 8.76. The number of unbranched alkanes of at least 4 members (excludes halogenated alkanes) is 14. The SMILES string of the molecule is C[N+](C)(C)CCCCCCCCCCC(=O)NCCSSCCNC(=O)CCCCCCCCCC[N+](C)(C)C.[Br-].[Br-]. The maximum atomic E-state index is 12.0. The Labute approximate surface area is 290 Å². The van der Waals surface area contributed by atoms with Gasteiger partial charge < -0.3 is 53.6 Å². The van der Waals surface area contributed by atoms with Crippen molar-refractivity contribution in [2.45, 2.75) is 116 Å². The Morgan fingerprint density at radius 1 is 0.452 bits per heavy atom. The van der Waals surface area contributed by atoms with Crippen LogP contribution >= 0.6 is 21.6 Å². The molecule has 0 radical (unpaired) electrons. The van der Waals surface area contributed by atoms with Crippen LogP contribution in [-0.2, 0) is 9.59 Å². The molecule has 0 aromatic heterocycles. The Hall–Kier alpha value is 0.520. The summed E-state index contributed by atoms with van der Waals surface area (Å²) in [5, 5.41) is 6.08. The Morgan fingerprint density at radius 2 is 0.714 bits per heavy atom. The van der Waals surface area contributed by atoms with Crippen LogP contribution in [-0.4, -0.2) is 101 Å². The highest BCUT2D eigenvalue weighted by Gasteiger charge is 2.07. The molecule has 0 aliphatic heterocycles. The van der Waals surface area contributed by atoms with Gasteiger partial charge in [0.25, 0.3) is 0 Å². The summed E-state index contributed by atoms with van der Waals surface area (Å²) in [5.41, 5.74) is 0. The molecule has 2 N–H and O–H groups in total. The second-order valence-electron chi connectivity index (χ2n) is 13.5. The minimum Gasteiger partial charge on any atom is -1.00 e. The first kappa shape index (κ1) is 46.9. The molecular formula is C32H68Br2N4O2S2. The number of nitrogens with zero attached hydrogens (tertiary/aromatic N) is 2. The number of amides is 2. The van der Waals surface area contributed by atoms with Crippen molar-refractivity contribution < 1.29 is 52.5 Å². The van der Waals surface area contributed by atoms with Crippen LogP contribution in [0.2, 0.25) is 0 Å². The molecule has 0 aromatic carbocycles. The summed E-state index contributed by atoms with van der Waals surface area (Å²) in [4.78, 5) is 24.0. The van der Waals surface area contributed by atoms with Gasteiger partial charge in [0.2, 0.25) is 11.8 Å². The fraction of sp³-hybridized carbons (Fsp3) is 0.938. The lowest BCUT2D eigenvalue weighted by molar-refractivity contribution is -0.870. The maximum Gasteiger partial charge on any atom is 0.220 e. The molecule has 0 bridgehead atoms. The molecule has 0 unspecified atom stereocenters. The van der Waals surface area contributed by atoms with Gasteiger partial charge in [-0.2, -0.15) is 0 Å². The minimum atomic E-state index is 0. The third kappa shape index (κ3) is 40.5. The molecule has 2 amide bonds. The van der Waals surface area contributed by atoms with E-state index in [1.807, 2.05) is 0 Å². The smallest absolute Gasteiger partial charge is 0.220 e. The number of hydrogen-bond donors (Lipinski definition) is 2. The third-order valence-corrected chi connectivity index (χ3v) is 9.47. The molecule has 0 spiro atoms. The number of quaternary nitrogens is 2. The predicted molar refractivity (Wildman–Crippen MR) is 180 cm³/mol. The molecule has 0 rings (SSSR count). The van der Waals surface area contributed by atoms with E-state index in [1.165, 1.54) is 103 Å². The molecular weight excluding hydrogens is 696 g/mol. The van der Waals surface area contributed by atoms with Crippen molar-refractivity contribution in [1.29, 1.82) is 0 Å². The highest BCUT2D eigenvalue weighted by Crippen LogP contribution is 2.19. The van der Waals surface area contributed by atoms with Crippen molar-refractivity contribution >= 4 is 33.4 Å².